The largest absolute Gasteiger partial charge is 0.435 e. The lowest BCUT2D eigenvalue weighted by atomic mass is 10.1. The molecule has 0 radical (unpaired) electrons. The molecule has 0 bridgehead atoms. The van der Waals surface area contributed by atoms with E-state index in [9.17, 15) is 22.0 Å². The maximum absolute atomic E-state index is 12.0. The van der Waals surface area contributed by atoms with Crippen LogP contribution in [0.5, 0.6) is 5.75 Å². The number of hydrogen-bond donors (Lipinski definition) is 1. The zero-order chi connectivity index (χ0) is 17.6. The molecule has 1 aromatic rings. The first-order valence-electron chi connectivity index (χ1n) is 7.46. The second-order valence-electron chi connectivity index (χ2n) is 5.46. The minimum Gasteiger partial charge on any atom is -0.435 e. The molecule has 24 heavy (non-hydrogen) atoms. The molecule has 0 aromatic heterocycles. The molecular weight excluding hydrogens is 360 g/mol. The molecule has 0 saturated carbocycles. The summed E-state index contributed by atoms with van der Waals surface area (Å²) in [6.07, 6.45) is 1.18. The Morgan fingerprint density at radius 1 is 1.33 bits per heavy atom. The Hall–Kier alpha value is -1.35. The van der Waals surface area contributed by atoms with E-state index in [4.69, 9.17) is 0 Å². The lowest BCUT2D eigenvalue weighted by Crippen LogP contribution is -2.28. The van der Waals surface area contributed by atoms with Crippen LogP contribution in [-0.4, -0.2) is 50.0 Å². The third-order valence-corrected chi connectivity index (χ3v) is 6.81. The number of ether oxygens (including phenoxy) is 1. The van der Waals surface area contributed by atoms with Crippen LogP contribution in [0.1, 0.15) is 12.0 Å². The maximum atomic E-state index is 12.0. The number of benzene rings is 1. The molecule has 0 aliphatic carbocycles. The Balaban J connectivity index is 1.64. The smallest absolute Gasteiger partial charge is 0.387 e. The highest BCUT2D eigenvalue weighted by molar-refractivity contribution is 8.02. The molecule has 1 amide bonds. The van der Waals surface area contributed by atoms with Crippen LogP contribution in [-0.2, 0) is 21.1 Å². The van der Waals surface area contributed by atoms with Crippen LogP contribution < -0.4 is 10.1 Å². The molecule has 1 saturated heterocycles. The third kappa shape index (κ3) is 6.64. The van der Waals surface area contributed by atoms with Crippen LogP contribution in [0.25, 0.3) is 0 Å². The van der Waals surface area contributed by atoms with Gasteiger partial charge in [-0.2, -0.15) is 8.78 Å². The summed E-state index contributed by atoms with van der Waals surface area (Å²) >= 11 is 1.37. The molecule has 1 fully saturated rings. The van der Waals surface area contributed by atoms with E-state index in [1.165, 1.54) is 23.9 Å². The lowest BCUT2D eigenvalue weighted by molar-refractivity contribution is -0.118. The molecule has 134 valence electrons. The summed E-state index contributed by atoms with van der Waals surface area (Å²) in [6, 6.07) is 6.25. The standard InChI is InChI=1S/C15H19F2NO4S2/c16-15(17)22-12-3-1-11(2-4-12)5-7-18-14(19)9-23-13-6-8-24(20,21)10-13/h1-4,13,15H,5-10H2,(H,18,19)/t13-/m0/s1. The molecule has 1 aromatic carbocycles. The topological polar surface area (TPSA) is 72.5 Å². The van der Waals surface area contributed by atoms with Gasteiger partial charge in [-0.05, 0) is 30.5 Å². The fraction of sp³-hybridized carbons (Fsp3) is 0.533. The van der Waals surface area contributed by atoms with Gasteiger partial charge in [0.25, 0.3) is 0 Å². The number of nitrogens with one attached hydrogen (secondary N) is 1. The van der Waals surface area contributed by atoms with Crippen molar-refractivity contribution in [1.82, 2.24) is 5.32 Å². The van der Waals surface area contributed by atoms with Crippen molar-refractivity contribution in [2.75, 3.05) is 23.8 Å². The molecule has 2 rings (SSSR count). The highest BCUT2D eigenvalue weighted by Gasteiger charge is 2.28. The first-order valence-corrected chi connectivity index (χ1v) is 10.3. The van der Waals surface area contributed by atoms with Crippen molar-refractivity contribution in [2.45, 2.75) is 24.7 Å². The number of amides is 1. The molecule has 1 aliphatic rings. The number of alkyl halides is 2. The third-order valence-electron chi connectivity index (χ3n) is 3.53. The molecule has 1 heterocycles. The van der Waals surface area contributed by atoms with Crippen molar-refractivity contribution >= 4 is 27.5 Å². The van der Waals surface area contributed by atoms with Crippen LogP contribution in [0.2, 0.25) is 0 Å². The predicted octanol–water partition coefficient (Wildman–Crippen LogP) is 1.87. The van der Waals surface area contributed by atoms with E-state index in [0.717, 1.165) is 5.56 Å². The minimum atomic E-state index is -2.92. The van der Waals surface area contributed by atoms with Gasteiger partial charge in [-0.25, -0.2) is 8.42 Å². The number of thioether (sulfide) groups is 1. The first-order chi connectivity index (χ1) is 11.3. The normalized spacial score (nSPS) is 19.4. The van der Waals surface area contributed by atoms with E-state index in [2.05, 4.69) is 10.1 Å². The Morgan fingerprint density at radius 3 is 2.62 bits per heavy atom. The van der Waals surface area contributed by atoms with Crippen LogP contribution in [0.4, 0.5) is 8.78 Å². The molecule has 1 aliphatic heterocycles. The Bertz CT molecular complexity index is 650. The van der Waals surface area contributed by atoms with Crippen molar-refractivity contribution in [2.24, 2.45) is 0 Å². The van der Waals surface area contributed by atoms with Gasteiger partial charge < -0.3 is 10.1 Å². The summed E-state index contributed by atoms with van der Waals surface area (Å²) in [5, 5.41) is 2.77. The summed E-state index contributed by atoms with van der Waals surface area (Å²) in [5.41, 5.74) is 0.895. The fourth-order valence-corrected chi connectivity index (χ4v) is 5.79. The van der Waals surface area contributed by atoms with E-state index in [1.54, 1.807) is 12.1 Å². The predicted molar refractivity (Wildman–Crippen MR) is 89.3 cm³/mol. The quantitative estimate of drug-likeness (QED) is 0.747. The second-order valence-corrected chi connectivity index (χ2v) is 8.98. The Labute approximate surface area is 144 Å². The van der Waals surface area contributed by atoms with Gasteiger partial charge in [-0.15, -0.1) is 11.8 Å². The summed E-state index contributed by atoms with van der Waals surface area (Å²) in [5.74, 6) is 0.555. The van der Waals surface area contributed by atoms with Gasteiger partial charge >= 0.3 is 6.61 Å². The molecule has 0 unspecified atom stereocenters. The van der Waals surface area contributed by atoms with E-state index in [-0.39, 0.29) is 34.2 Å². The SMILES string of the molecule is O=C(CS[C@H]1CCS(=O)(=O)C1)NCCc1ccc(OC(F)F)cc1. The highest BCUT2D eigenvalue weighted by atomic mass is 32.2. The van der Waals surface area contributed by atoms with Gasteiger partial charge in [-0.1, -0.05) is 12.1 Å². The van der Waals surface area contributed by atoms with Crippen molar-refractivity contribution in [1.29, 1.82) is 0 Å². The number of halogens is 2. The second kappa shape index (κ2) is 8.66. The lowest BCUT2D eigenvalue weighted by Gasteiger charge is -2.09. The molecule has 5 nitrogen and oxygen atoms in total. The number of rotatable bonds is 8. The average Bonchev–Trinajstić information content (AvgIpc) is 2.86. The minimum absolute atomic E-state index is 0.00290. The molecule has 1 N–H and O–H groups in total. The Morgan fingerprint density at radius 2 is 2.04 bits per heavy atom. The van der Waals surface area contributed by atoms with Crippen LogP contribution in [0.3, 0.4) is 0 Å². The van der Waals surface area contributed by atoms with Gasteiger partial charge in [-0.3, -0.25) is 4.79 Å². The molecule has 9 heteroatoms. The van der Waals surface area contributed by atoms with Crippen molar-refractivity contribution in [3.63, 3.8) is 0 Å². The molecule has 0 spiro atoms. The average molecular weight is 379 g/mol. The van der Waals surface area contributed by atoms with Gasteiger partial charge in [0, 0.05) is 11.8 Å². The van der Waals surface area contributed by atoms with Crippen molar-refractivity contribution in [3.8, 4) is 5.75 Å². The van der Waals surface area contributed by atoms with Gasteiger partial charge in [0.15, 0.2) is 9.84 Å². The monoisotopic (exact) mass is 379 g/mol. The number of carbonyl (C=O) groups is 1. The summed E-state index contributed by atoms with van der Waals surface area (Å²) in [6.45, 7) is -2.42. The van der Waals surface area contributed by atoms with Gasteiger partial charge in [0.1, 0.15) is 5.75 Å². The summed E-state index contributed by atoms with van der Waals surface area (Å²) in [7, 11) is -2.92. The number of carbonyl (C=O) groups excluding carboxylic acids is 1. The molecule has 1 atom stereocenters. The van der Waals surface area contributed by atoms with E-state index < -0.39 is 16.4 Å². The number of hydrogen-bond acceptors (Lipinski definition) is 5. The van der Waals surface area contributed by atoms with Crippen LogP contribution in [0.15, 0.2) is 24.3 Å². The number of sulfone groups is 1. The molecular formula is C15H19F2NO4S2. The first kappa shape index (κ1) is 19.0. The van der Waals surface area contributed by atoms with Gasteiger partial charge in [0.05, 0.1) is 17.3 Å². The maximum Gasteiger partial charge on any atom is 0.387 e. The Kier molecular flexibility index (Phi) is 6.85. The van der Waals surface area contributed by atoms with Crippen molar-refractivity contribution < 1.29 is 26.7 Å². The highest BCUT2D eigenvalue weighted by Crippen LogP contribution is 2.23. The van der Waals surface area contributed by atoms with Crippen LogP contribution in [0, 0.1) is 0 Å². The zero-order valence-corrected chi connectivity index (χ0v) is 14.5. The van der Waals surface area contributed by atoms with E-state index in [0.29, 0.717) is 19.4 Å². The summed E-state index contributed by atoms with van der Waals surface area (Å²) < 4.78 is 51.0. The fourth-order valence-electron chi connectivity index (χ4n) is 2.32. The van der Waals surface area contributed by atoms with E-state index in [1.807, 2.05) is 0 Å². The summed E-state index contributed by atoms with van der Waals surface area (Å²) in [4.78, 5) is 11.7. The zero-order valence-electron chi connectivity index (χ0n) is 12.9. The van der Waals surface area contributed by atoms with Crippen LogP contribution >= 0.6 is 11.8 Å². The van der Waals surface area contributed by atoms with Crippen molar-refractivity contribution in [3.05, 3.63) is 29.8 Å². The van der Waals surface area contributed by atoms with E-state index >= 15 is 0 Å². The van der Waals surface area contributed by atoms with Gasteiger partial charge in [0.2, 0.25) is 5.91 Å².